The molecule has 17 heavy (non-hydrogen) atoms. The third kappa shape index (κ3) is 4.73. The number of nitrogens with zero attached hydrogens (tertiary/aromatic N) is 1. The molecule has 1 aromatic heterocycles. The molecule has 0 bridgehead atoms. The summed E-state index contributed by atoms with van der Waals surface area (Å²) in [4.78, 5) is 21.5. The lowest BCUT2D eigenvalue weighted by Crippen LogP contribution is -2.29. The lowest BCUT2D eigenvalue weighted by molar-refractivity contribution is -0.147. The van der Waals surface area contributed by atoms with Gasteiger partial charge in [0, 0.05) is 32.6 Å². The molecular weight excluding hydrogens is 226 g/mol. The minimum Gasteiger partial charge on any atom is -0.479 e. The normalized spacial score (nSPS) is 12.4. The lowest BCUT2D eigenvalue weighted by Gasteiger charge is -2.11. The highest BCUT2D eigenvalue weighted by Gasteiger charge is 2.14. The number of hydrogen-bond donors (Lipinski definition) is 4. The second kappa shape index (κ2) is 6.09. The van der Waals surface area contributed by atoms with Gasteiger partial charge in [0.05, 0.1) is 5.69 Å². The molecule has 0 fully saturated rings. The smallest absolute Gasteiger partial charge is 0.332 e. The van der Waals surface area contributed by atoms with Crippen LogP contribution in [0, 0.1) is 0 Å². The van der Waals surface area contributed by atoms with Crippen LogP contribution >= 0.6 is 0 Å². The average molecular weight is 243 g/mol. The number of H-pyrrole nitrogens is 1. The van der Waals surface area contributed by atoms with E-state index in [1.54, 1.807) is 4.68 Å². The number of carboxylic acid groups (broad SMARTS) is 1. The van der Waals surface area contributed by atoms with Gasteiger partial charge in [0.25, 0.3) is 0 Å². The van der Waals surface area contributed by atoms with E-state index >= 15 is 0 Å². The topological polar surface area (TPSA) is 107 Å². The molecule has 1 rings (SSSR count). The van der Waals surface area contributed by atoms with E-state index in [1.165, 1.54) is 0 Å². The molecule has 0 saturated carbocycles. The fourth-order valence-corrected chi connectivity index (χ4v) is 1.39. The Balaban J connectivity index is 2.08. The van der Waals surface area contributed by atoms with Gasteiger partial charge in [0.15, 0.2) is 6.10 Å². The average Bonchev–Trinajstić information content (AvgIpc) is 2.23. The zero-order chi connectivity index (χ0) is 12.8. The number of aromatic nitrogens is 2. The van der Waals surface area contributed by atoms with Gasteiger partial charge in [-0.15, -0.1) is 0 Å². The number of carbonyl (C=O) groups excluding carboxylic acids is 1. The molecule has 0 aliphatic heterocycles. The molecule has 0 aliphatic carbocycles. The van der Waals surface area contributed by atoms with E-state index in [1.807, 2.05) is 13.2 Å². The van der Waals surface area contributed by atoms with Crippen LogP contribution in [0.25, 0.3) is 0 Å². The van der Waals surface area contributed by atoms with Crippen LogP contribution in [-0.4, -0.2) is 44.5 Å². The summed E-state index contributed by atoms with van der Waals surface area (Å²) in [5, 5.41) is 23.0. The maximum atomic E-state index is 11.3. The molecule has 1 heterocycles. The number of aromatic amines is 1. The summed E-state index contributed by atoms with van der Waals surface area (Å²) in [6.45, 7) is 0.495. The summed E-state index contributed by atoms with van der Waals surface area (Å²) in [5.74, 6) is -1.55. The molecule has 1 atom stereocenters. The van der Waals surface area contributed by atoms with Crippen LogP contribution in [0.2, 0.25) is 0 Å². The van der Waals surface area contributed by atoms with Gasteiger partial charge >= 0.3 is 5.97 Å². The molecular formula is C10H17N3O4. The van der Waals surface area contributed by atoms with Gasteiger partial charge in [-0.3, -0.25) is 9.48 Å². The molecule has 0 aliphatic rings. The third-order valence-corrected chi connectivity index (χ3v) is 2.32. The number of aliphatic hydroxyl groups excluding tert-OH is 1. The predicted molar refractivity (Wildman–Crippen MR) is 59.4 cm³/mol. The Labute approximate surface area is 98.4 Å². The van der Waals surface area contributed by atoms with Crippen LogP contribution in [0.5, 0.6) is 0 Å². The molecule has 0 radical (unpaired) electrons. The summed E-state index contributed by atoms with van der Waals surface area (Å²) in [6.07, 6.45) is 1.10. The molecule has 4 N–H and O–H groups in total. The molecule has 0 saturated heterocycles. The number of nitrogens with one attached hydrogen (secondary N) is 2. The molecule has 7 heteroatoms. The minimum atomic E-state index is -1.47. The van der Waals surface area contributed by atoms with Gasteiger partial charge in [-0.2, -0.15) is 0 Å². The van der Waals surface area contributed by atoms with E-state index in [-0.39, 0.29) is 18.7 Å². The molecule has 1 amide bonds. The van der Waals surface area contributed by atoms with Crippen molar-refractivity contribution in [1.82, 2.24) is 15.1 Å². The third-order valence-electron chi connectivity index (χ3n) is 2.32. The summed E-state index contributed by atoms with van der Waals surface area (Å²) in [7, 11) is 1.87. The number of hydrogen-bond acceptors (Lipinski definition) is 3. The van der Waals surface area contributed by atoms with Gasteiger partial charge in [-0.05, 0) is 6.42 Å². The maximum absolute atomic E-state index is 11.3. The van der Waals surface area contributed by atoms with E-state index in [0.717, 1.165) is 5.69 Å². The summed E-state index contributed by atoms with van der Waals surface area (Å²) >= 11 is 0. The first-order valence-electron chi connectivity index (χ1n) is 5.37. The maximum Gasteiger partial charge on any atom is 0.332 e. The molecule has 0 spiro atoms. The highest BCUT2D eigenvalue weighted by molar-refractivity contribution is 5.77. The number of rotatable bonds is 7. The SMILES string of the molecule is Cn1cc(CCNC(=O)CCC(O)C(=O)O)[nH]1. The van der Waals surface area contributed by atoms with Crippen LogP contribution in [0.15, 0.2) is 6.20 Å². The van der Waals surface area contributed by atoms with E-state index < -0.39 is 12.1 Å². The lowest BCUT2D eigenvalue weighted by atomic mass is 10.2. The van der Waals surface area contributed by atoms with Crippen molar-refractivity contribution in [1.29, 1.82) is 0 Å². The fraction of sp³-hybridized carbons (Fsp3) is 0.600. The number of amides is 1. The van der Waals surface area contributed by atoms with Crippen molar-refractivity contribution in [3.63, 3.8) is 0 Å². The van der Waals surface area contributed by atoms with E-state index in [0.29, 0.717) is 13.0 Å². The van der Waals surface area contributed by atoms with Crippen molar-refractivity contribution in [2.24, 2.45) is 7.05 Å². The van der Waals surface area contributed by atoms with Crippen molar-refractivity contribution in [2.45, 2.75) is 25.4 Å². The Morgan fingerprint density at radius 1 is 1.59 bits per heavy atom. The monoisotopic (exact) mass is 243 g/mol. The standard InChI is InChI=1S/C10H17N3O4/c1-13-6-7(12-13)4-5-11-9(15)3-2-8(14)10(16)17/h6,8,12,14H,2-5H2,1H3,(H,11,15)(H,16,17). The van der Waals surface area contributed by atoms with Crippen LogP contribution in [0.3, 0.4) is 0 Å². The first-order valence-corrected chi connectivity index (χ1v) is 5.37. The van der Waals surface area contributed by atoms with Crippen molar-refractivity contribution in [2.75, 3.05) is 6.54 Å². The van der Waals surface area contributed by atoms with Crippen LogP contribution < -0.4 is 5.32 Å². The molecule has 1 unspecified atom stereocenters. The Morgan fingerprint density at radius 3 is 2.76 bits per heavy atom. The van der Waals surface area contributed by atoms with E-state index in [9.17, 15) is 9.59 Å². The van der Waals surface area contributed by atoms with Crippen molar-refractivity contribution in [3.8, 4) is 0 Å². The second-order valence-electron chi connectivity index (χ2n) is 3.87. The largest absolute Gasteiger partial charge is 0.479 e. The summed E-state index contributed by atoms with van der Waals surface area (Å²) < 4.78 is 1.81. The van der Waals surface area contributed by atoms with Gasteiger partial charge < -0.3 is 20.6 Å². The molecule has 0 aromatic carbocycles. The van der Waals surface area contributed by atoms with Crippen molar-refractivity contribution in [3.05, 3.63) is 11.9 Å². The number of aliphatic carboxylic acids is 1. The summed E-state index contributed by atoms with van der Waals surface area (Å²) in [6, 6.07) is 0. The second-order valence-corrected chi connectivity index (χ2v) is 3.87. The Bertz CT molecular complexity index is 370. The summed E-state index contributed by atoms with van der Waals surface area (Å²) in [5.41, 5.74) is 1.04. The quantitative estimate of drug-likeness (QED) is 0.504. The molecule has 1 aromatic rings. The number of carboxylic acids is 1. The number of carbonyl (C=O) groups is 2. The fourth-order valence-electron chi connectivity index (χ4n) is 1.39. The highest BCUT2D eigenvalue weighted by atomic mass is 16.4. The Kier molecular flexibility index (Phi) is 4.77. The van der Waals surface area contributed by atoms with Crippen LogP contribution in [-0.2, 0) is 23.1 Å². The van der Waals surface area contributed by atoms with Crippen molar-refractivity contribution < 1.29 is 19.8 Å². The van der Waals surface area contributed by atoms with Gasteiger partial charge in [0.2, 0.25) is 5.91 Å². The first kappa shape index (κ1) is 13.3. The van der Waals surface area contributed by atoms with Crippen molar-refractivity contribution >= 4 is 11.9 Å². The van der Waals surface area contributed by atoms with E-state index in [2.05, 4.69) is 10.4 Å². The molecule has 7 nitrogen and oxygen atoms in total. The Morgan fingerprint density at radius 2 is 2.24 bits per heavy atom. The van der Waals surface area contributed by atoms with Gasteiger partial charge in [0.1, 0.15) is 0 Å². The first-order chi connectivity index (χ1) is 7.99. The highest BCUT2D eigenvalue weighted by Crippen LogP contribution is 1.98. The molecule has 96 valence electrons. The Hall–Kier alpha value is -1.76. The number of aryl methyl sites for hydroxylation is 1. The zero-order valence-corrected chi connectivity index (χ0v) is 9.64. The number of aliphatic hydroxyl groups is 1. The van der Waals surface area contributed by atoms with Gasteiger partial charge in [-0.1, -0.05) is 0 Å². The zero-order valence-electron chi connectivity index (χ0n) is 9.64. The predicted octanol–water partition coefficient (Wildman–Crippen LogP) is -0.762. The minimum absolute atomic E-state index is 0.0137. The van der Waals surface area contributed by atoms with Crippen LogP contribution in [0.4, 0.5) is 0 Å². The van der Waals surface area contributed by atoms with E-state index in [4.69, 9.17) is 10.2 Å². The van der Waals surface area contributed by atoms with Gasteiger partial charge in [-0.25, -0.2) is 4.79 Å². The van der Waals surface area contributed by atoms with Crippen LogP contribution in [0.1, 0.15) is 18.5 Å².